The molecule has 0 bridgehead atoms. The van der Waals surface area contributed by atoms with E-state index in [0.717, 1.165) is 64.8 Å². The number of rotatable bonds is 8. The summed E-state index contributed by atoms with van der Waals surface area (Å²) >= 11 is 0. The Morgan fingerprint density at radius 1 is 1.00 bits per heavy atom. The van der Waals surface area contributed by atoms with Crippen molar-refractivity contribution in [3.05, 3.63) is 95.2 Å². The first-order valence-corrected chi connectivity index (χ1v) is 12.8. The van der Waals surface area contributed by atoms with Crippen molar-refractivity contribution in [1.82, 2.24) is 10.2 Å². The predicted molar refractivity (Wildman–Crippen MR) is 147 cm³/mol. The fourth-order valence-corrected chi connectivity index (χ4v) is 5.47. The number of hydrogen-bond acceptors (Lipinski definition) is 7. The van der Waals surface area contributed by atoms with E-state index < -0.39 is 11.7 Å². The molecule has 2 aliphatic rings. The lowest BCUT2D eigenvalue weighted by molar-refractivity contribution is -0.425. The van der Waals surface area contributed by atoms with Crippen LogP contribution in [0.1, 0.15) is 35.1 Å². The van der Waals surface area contributed by atoms with Crippen molar-refractivity contribution in [3.63, 3.8) is 0 Å². The molecule has 5 rings (SSSR count). The van der Waals surface area contributed by atoms with Gasteiger partial charge in [0.2, 0.25) is 0 Å². The zero-order chi connectivity index (χ0) is 25.9. The van der Waals surface area contributed by atoms with Gasteiger partial charge in [-0.15, -0.1) is 0 Å². The molecule has 1 saturated heterocycles. The van der Waals surface area contributed by atoms with Crippen LogP contribution in [0.2, 0.25) is 0 Å². The van der Waals surface area contributed by atoms with Gasteiger partial charge in [0.15, 0.2) is 5.72 Å². The Hall–Kier alpha value is -3.07. The lowest BCUT2D eigenvalue weighted by Crippen LogP contribution is -2.62. The van der Waals surface area contributed by atoms with Crippen LogP contribution < -0.4 is 11.1 Å². The van der Waals surface area contributed by atoms with Crippen LogP contribution in [-0.2, 0) is 26.7 Å². The molecule has 0 spiro atoms. The number of fused-ring (bicyclic) bond motifs is 1. The second-order valence-electron chi connectivity index (χ2n) is 9.68. The van der Waals surface area contributed by atoms with Crippen molar-refractivity contribution < 1.29 is 14.2 Å². The summed E-state index contributed by atoms with van der Waals surface area (Å²) in [4.78, 5) is 7.11. The molecule has 0 radical (unpaired) electrons. The van der Waals surface area contributed by atoms with E-state index in [0.29, 0.717) is 13.1 Å². The van der Waals surface area contributed by atoms with Gasteiger partial charge in [-0.2, -0.15) is 0 Å². The maximum atomic E-state index is 7.08. The molecule has 7 heteroatoms. The molecule has 2 aliphatic heterocycles. The van der Waals surface area contributed by atoms with E-state index in [1.54, 1.807) is 14.2 Å². The van der Waals surface area contributed by atoms with Crippen molar-refractivity contribution in [2.75, 3.05) is 33.9 Å². The van der Waals surface area contributed by atoms with Gasteiger partial charge in [0.05, 0.1) is 0 Å². The van der Waals surface area contributed by atoms with E-state index in [-0.39, 0.29) is 0 Å². The Labute approximate surface area is 218 Å². The summed E-state index contributed by atoms with van der Waals surface area (Å²) in [5.41, 5.74) is 9.34. The van der Waals surface area contributed by atoms with Gasteiger partial charge in [0.25, 0.3) is 0 Å². The van der Waals surface area contributed by atoms with Crippen molar-refractivity contribution in [1.29, 1.82) is 0 Å². The van der Waals surface area contributed by atoms with Crippen molar-refractivity contribution in [3.8, 4) is 0 Å². The molecule has 7 nitrogen and oxygen atoms in total. The molecule has 194 valence electrons. The number of methoxy groups -OCH3 is 2. The Balaban J connectivity index is 1.59. The maximum absolute atomic E-state index is 7.08. The van der Waals surface area contributed by atoms with E-state index in [9.17, 15) is 0 Å². The van der Waals surface area contributed by atoms with Crippen molar-refractivity contribution in [2.45, 2.75) is 38.0 Å². The molecule has 37 heavy (non-hydrogen) atoms. The van der Waals surface area contributed by atoms with Gasteiger partial charge in [0, 0.05) is 57.5 Å². The standard InChI is InChI=1S/C30H36N4O3/c1-22-17-23(21-31)19-26(18-22)28-33-13-6-16-34(28)29(11-14-32-15-12-29)37-30(35-2,36-3)27-10-9-24-7-4-5-8-25(24)20-27/h4-10,13,17-20,32H,11-12,14-16,21,31H2,1-3H3. The molecule has 0 amide bonds. The molecule has 3 aromatic rings. The minimum absolute atomic E-state index is 0.474. The third kappa shape index (κ3) is 4.93. The normalized spacial score (nSPS) is 17.7. The van der Waals surface area contributed by atoms with Gasteiger partial charge in [-0.05, 0) is 60.6 Å². The predicted octanol–water partition coefficient (Wildman–Crippen LogP) is 4.38. The lowest BCUT2D eigenvalue weighted by Gasteiger charge is -2.51. The summed E-state index contributed by atoms with van der Waals surface area (Å²) in [5, 5.41) is 5.73. The largest absolute Gasteiger partial charge is 0.327 e. The van der Waals surface area contributed by atoms with Crippen LogP contribution in [-0.4, -0.2) is 50.3 Å². The quantitative estimate of drug-likeness (QED) is 0.447. The number of nitrogens with two attached hydrogens (primary N) is 1. The molecule has 0 atom stereocenters. The van der Waals surface area contributed by atoms with Crippen molar-refractivity contribution in [2.24, 2.45) is 10.7 Å². The molecule has 0 aromatic heterocycles. The fraction of sp³-hybridized carbons (Fsp3) is 0.367. The molecule has 3 aromatic carbocycles. The number of benzene rings is 3. The van der Waals surface area contributed by atoms with Crippen LogP contribution in [0, 0.1) is 6.92 Å². The smallest absolute Gasteiger partial charge is 0.313 e. The number of ether oxygens (including phenoxy) is 3. The second-order valence-corrected chi connectivity index (χ2v) is 9.68. The second kappa shape index (κ2) is 10.7. The molecular formula is C30H36N4O3. The summed E-state index contributed by atoms with van der Waals surface area (Å²) < 4.78 is 19.2. The summed E-state index contributed by atoms with van der Waals surface area (Å²) in [6.07, 6.45) is 5.40. The Kier molecular flexibility index (Phi) is 7.42. The van der Waals surface area contributed by atoms with E-state index >= 15 is 0 Å². The van der Waals surface area contributed by atoms with Crippen LogP contribution in [0.3, 0.4) is 0 Å². The molecular weight excluding hydrogens is 464 g/mol. The lowest BCUT2D eigenvalue weighted by atomic mass is 9.95. The molecule has 2 heterocycles. The van der Waals surface area contributed by atoms with Gasteiger partial charge in [0.1, 0.15) is 5.84 Å². The molecule has 0 aliphatic carbocycles. The average Bonchev–Trinajstić information content (AvgIpc) is 2.96. The average molecular weight is 501 g/mol. The van der Waals surface area contributed by atoms with Crippen LogP contribution in [0.25, 0.3) is 10.8 Å². The minimum Gasteiger partial charge on any atom is -0.327 e. The highest BCUT2D eigenvalue weighted by atomic mass is 16.9. The summed E-state index contributed by atoms with van der Waals surface area (Å²) in [5.74, 6) is -0.537. The Morgan fingerprint density at radius 3 is 2.49 bits per heavy atom. The SMILES string of the molecule is COC(OC)(OC1(N2CC=CN=C2c2cc(C)cc(CN)c2)CCNCC1)c1ccc2ccccc2c1. The van der Waals surface area contributed by atoms with Gasteiger partial charge in [-0.25, -0.2) is 4.99 Å². The number of nitrogens with zero attached hydrogens (tertiary/aromatic N) is 2. The van der Waals surface area contributed by atoms with Gasteiger partial charge >= 0.3 is 5.97 Å². The van der Waals surface area contributed by atoms with Gasteiger partial charge in [-0.3, -0.25) is 4.74 Å². The topological polar surface area (TPSA) is 81.3 Å². The maximum Gasteiger partial charge on any atom is 0.313 e. The van der Waals surface area contributed by atoms with E-state index in [1.165, 1.54) is 0 Å². The Bertz CT molecular complexity index is 1310. The Morgan fingerprint density at radius 2 is 1.76 bits per heavy atom. The molecule has 0 unspecified atom stereocenters. The van der Waals surface area contributed by atoms with Crippen LogP contribution in [0.15, 0.2) is 77.9 Å². The molecule has 3 N–H and O–H groups in total. The van der Waals surface area contributed by atoms with E-state index in [4.69, 9.17) is 24.9 Å². The summed E-state index contributed by atoms with van der Waals surface area (Å²) in [6.45, 7) is 4.82. The van der Waals surface area contributed by atoms with Gasteiger partial charge in [-0.1, -0.05) is 48.0 Å². The first-order chi connectivity index (χ1) is 18.0. The molecule has 1 fully saturated rings. The zero-order valence-electron chi connectivity index (χ0n) is 21.9. The summed E-state index contributed by atoms with van der Waals surface area (Å²) in [6, 6.07) is 20.8. The fourth-order valence-electron chi connectivity index (χ4n) is 5.47. The summed E-state index contributed by atoms with van der Waals surface area (Å²) in [7, 11) is 3.26. The first kappa shape index (κ1) is 25.6. The highest BCUT2D eigenvalue weighted by Crippen LogP contribution is 2.41. The zero-order valence-corrected chi connectivity index (χ0v) is 21.9. The minimum atomic E-state index is -1.40. The first-order valence-electron chi connectivity index (χ1n) is 12.8. The van der Waals surface area contributed by atoms with Crippen LogP contribution in [0.5, 0.6) is 0 Å². The highest BCUT2D eigenvalue weighted by Gasteiger charge is 2.49. The third-order valence-corrected chi connectivity index (χ3v) is 7.32. The molecule has 0 saturated carbocycles. The van der Waals surface area contributed by atoms with E-state index in [1.807, 2.05) is 24.4 Å². The number of hydrogen-bond donors (Lipinski definition) is 2. The number of amidine groups is 1. The van der Waals surface area contributed by atoms with Gasteiger partial charge < -0.3 is 25.4 Å². The monoisotopic (exact) mass is 500 g/mol. The number of piperidine rings is 1. The third-order valence-electron chi connectivity index (χ3n) is 7.32. The van der Waals surface area contributed by atoms with Crippen LogP contribution >= 0.6 is 0 Å². The number of aryl methyl sites for hydroxylation is 1. The van der Waals surface area contributed by atoms with Crippen molar-refractivity contribution >= 4 is 16.6 Å². The van der Waals surface area contributed by atoms with Crippen LogP contribution in [0.4, 0.5) is 0 Å². The number of aliphatic imine (C=N–C) groups is 1. The van der Waals surface area contributed by atoms with E-state index in [2.05, 4.69) is 65.7 Å². The highest BCUT2D eigenvalue weighted by molar-refractivity contribution is 6.00. The number of nitrogens with one attached hydrogen (secondary N) is 1.